The third-order valence-corrected chi connectivity index (χ3v) is 2.42. The first kappa shape index (κ1) is 19.7. The molecule has 1 radical (unpaired) electrons. The molecule has 0 aromatic carbocycles. The van der Waals surface area contributed by atoms with Gasteiger partial charge in [0.15, 0.2) is 0 Å². The molecule has 1 heterocycles. The van der Waals surface area contributed by atoms with E-state index in [9.17, 15) is 14.4 Å². The largest absolute Gasteiger partial charge is 0.435 e. The van der Waals surface area contributed by atoms with Gasteiger partial charge in [0, 0.05) is 51.0 Å². The smallest absolute Gasteiger partial charge is 0.321 e. The van der Waals surface area contributed by atoms with Crippen LogP contribution in [0, 0.1) is 13.0 Å². The minimum atomic E-state index is -0.458. The number of anilines is 1. The van der Waals surface area contributed by atoms with Gasteiger partial charge in [0.05, 0.1) is 0 Å². The Labute approximate surface area is 147 Å². The van der Waals surface area contributed by atoms with Crippen molar-refractivity contribution in [3.05, 3.63) is 34.8 Å². The van der Waals surface area contributed by atoms with Crippen molar-refractivity contribution >= 4 is 17.8 Å². The number of amides is 2. The normalized spacial score (nSPS) is 9.38. The van der Waals surface area contributed by atoms with Crippen molar-refractivity contribution in [2.24, 2.45) is 0 Å². The first-order chi connectivity index (χ1) is 9.51. The van der Waals surface area contributed by atoms with Crippen LogP contribution in [-0.2, 0) is 37.5 Å². The Morgan fingerprint density at radius 3 is 2.76 bits per heavy atom. The van der Waals surface area contributed by atoms with E-state index < -0.39 is 6.03 Å². The summed E-state index contributed by atoms with van der Waals surface area (Å²) in [5.74, 6) is -0.0278. The summed E-state index contributed by atoms with van der Waals surface area (Å²) in [5, 5.41) is 5.03. The summed E-state index contributed by atoms with van der Waals surface area (Å²) in [6.45, 7) is 5.34. The fraction of sp³-hybridized carbons (Fsp3) is 0.385. The Kier molecular flexibility index (Phi) is 9.74. The maximum absolute atomic E-state index is 11.5. The molecule has 3 N–H and O–H groups in total. The average molecular weight is 366 g/mol. The van der Waals surface area contributed by atoms with Crippen LogP contribution in [0.15, 0.2) is 17.4 Å². The third kappa shape index (κ3) is 8.52. The van der Waals surface area contributed by atoms with Gasteiger partial charge >= 0.3 is 6.03 Å². The number of carbonyl (C=O) groups is 2. The second-order valence-corrected chi connectivity index (χ2v) is 4.17. The van der Waals surface area contributed by atoms with Crippen LogP contribution in [0.3, 0.4) is 0 Å². The number of ketones is 1. The zero-order chi connectivity index (χ0) is 15.0. The summed E-state index contributed by atoms with van der Waals surface area (Å²) in [6.07, 6.45) is 3.97. The Morgan fingerprint density at radius 2 is 2.14 bits per heavy atom. The first-order valence-electron chi connectivity index (χ1n) is 6.20. The van der Waals surface area contributed by atoms with Crippen LogP contribution in [0.2, 0.25) is 0 Å². The number of hydrogen-bond donors (Lipinski definition) is 3. The second kappa shape index (κ2) is 10.4. The molecule has 0 fully saturated rings. The summed E-state index contributed by atoms with van der Waals surface area (Å²) in [4.78, 5) is 40.0. The minimum absolute atomic E-state index is 0. The molecular weight excluding hydrogens is 349 g/mol. The molecule has 0 bridgehead atoms. The van der Waals surface area contributed by atoms with Crippen LogP contribution >= 0.6 is 0 Å². The molecule has 0 saturated carbocycles. The van der Waals surface area contributed by atoms with E-state index in [-0.39, 0.29) is 50.0 Å². The number of nitrogens with one attached hydrogen (secondary N) is 3. The minimum Gasteiger partial charge on any atom is -0.435 e. The van der Waals surface area contributed by atoms with Gasteiger partial charge in [0.1, 0.15) is 0 Å². The van der Waals surface area contributed by atoms with Gasteiger partial charge in [-0.25, -0.2) is 9.78 Å². The Morgan fingerprint density at radius 1 is 1.43 bits per heavy atom. The molecule has 1 aromatic heterocycles. The van der Waals surface area contributed by atoms with E-state index in [1.807, 2.05) is 0 Å². The summed E-state index contributed by atoms with van der Waals surface area (Å²) >= 11 is 0. The fourth-order valence-electron chi connectivity index (χ4n) is 1.49. The van der Waals surface area contributed by atoms with Crippen molar-refractivity contribution in [3.8, 4) is 0 Å². The summed E-state index contributed by atoms with van der Waals surface area (Å²) in [5.41, 5.74) is 0.190. The van der Waals surface area contributed by atoms with Crippen LogP contribution in [-0.4, -0.2) is 28.3 Å². The molecule has 1 rings (SSSR count). The fourth-order valence-corrected chi connectivity index (χ4v) is 1.49. The Bertz CT molecular complexity index is 557. The van der Waals surface area contributed by atoms with Gasteiger partial charge in [0.2, 0.25) is 5.95 Å². The monoisotopic (exact) mass is 366 g/mol. The molecule has 0 atom stereocenters. The van der Waals surface area contributed by atoms with E-state index in [1.54, 1.807) is 6.92 Å². The van der Waals surface area contributed by atoms with Crippen LogP contribution < -0.4 is 16.2 Å². The third-order valence-electron chi connectivity index (χ3n) is 2.42. The van der Waals surface area contributed by atoms with Crippen LogP contribution in [0.4, 0.5) is 10.7 Å². The van der Waals surface area contributed by atoms with Gasteiger partial charge in [0.25, 0.3) is 5.56 Å². The summed E-state index contributed by atoms with van der Waals surface area (Å²) in [7, 11) is 0. The number of unbranched alkanes of at least 4 members (excludes halogenated alkanes) is 1. The number of nitrogens with zero attached hydrogens (tertiary/aromatic N) is 1. The van der Waals surface area contributed by atoms with Crippen LogP contribution in [0.1, 0.15) is 25.0 Å². The number of rotatable bonds is 7. The zero-order valence-corrected chi connectivity index (χ0v) is 14.7. The van der Waals surface area contributed by atoms with E-state index >= 15 is 0 Å². The molecule has 2 amide bonds. The number of urea groups is 1. The number of aromatic amines is 1. The van der Waals surface area contributed by atoms with Crippen molar-refractivity contribution in [1.82, 2.24) is 15.3 Å². The number of allylic oxidation sites excluding steroid dienone is 1. The Balaban J connectivity index is 0.00000400. The maximum atomic E-state index is 11.5. The molecular formula is C13H17N4O3Y-. The average Bonchev–Trinajstić information content (AvgIpc) is 2.36. The molecule has 0 aliphatic rings. The molecule has 7 nitrogen and oxygen atoms in total. The van der Waals surface area contributed by atoms with Crippen LogP contribution in [0.25, 0.3) is 0 Å². The van der Waals surface area contributed by atoms with E-state index in [4.69, 9.17) is 0 Å². The molecule has 21 heavy (non-hydrogen) atoms. The van der Waals surface area contributed by atoms with E-state index in [0.29, 0.717) is 31.5 Å². The number of aryl methyl sites for hydroxylation is 1. The van der Waals surface area contributed by atoms with E-state index in [2.05, 4.69) is 33.3 Å². The molecule has 0 aliphatic heterocycles. The number of hydrogen-bond acceptors (Lipinski definition) is 4. The second-order valence-electron chi connectivity index (χ2n) is 4.17. The topological polar surface area (TPSA) is 104 Å². The molecule has 0 unspecified atom stereocenters. The molecule has 1 aromatic rings. The summed E-state index contributed by atoms with van der Waals surface area (Å²) in [6, 6.07) is 0.872. The zero-order valence-electron chi connectivity index (χ0n) is 11.9. The van der Waals surface area contributed by atoms with Gasteiger partial charge in [-0.2, -0.15) is 0 Å². The van der Waals surface area contributed by atoms with Crippen molar-refractivity contribution in [3.63, 3.8) is 0 Å². The number of Topliss-reactive ketones (excluding diaryl/α,β-unsaturated/α-hetero) is 1. The maximum Gasteiger partial charge on any atom is 0.321 e. The summed E-state index contributed by atoms with van der Waals surface area (Å²) < 4.78 is 0. The standard InChI is InChI=1S/C13H17N4O3.Y/c1-3-10(18)6-4-5-7-14-13(20)17-12-15-9(2)8-11(19)16-12;/h8H,1,4-7H2,2H3,(H3,14,15,16,17,19,20);/q-1;. The van der Waals surface area contributed by atoms with Crippen LogP contribution in [0.5, 0.6) is 0 Å². The van der Waals surface area contributed by atoms with Crippen molar-refractivity contribution in [2.75, 3.05) is 11.9 Å². The van der Waals surface area contributed by atoms with Gasteiger partial charge in [-0.1, -0.05) is 0 Å². The van der Waals surface area contributed by atoms with E-state index in [0.717, 1.165) is 0 Å². The number of carbonyl (C=O) groups excluding carboxylic acids is 2. The number of H-pyrrole nitrogens is 1. The predicted octanol–water partition coefficient (Wildman–Crippen LogP) is 0.926. The van der Waals surface area contributed by atoms with Gasteiger partial charge in [-0.05, 0) is 32.0 Å². The van der Waals surface area contributed by atoms with E-state index in [1.165, 1.54) is 6.07 Å². The molecule has 111 valence electrons. The molecule has 8 heteroatoms. The quantitative estimate of drug-likeness (QED) is 0.379. The van der Waals surface area contributed by atoms with Crippen molar-refractivity contribution in [1.29, 1.82) is 0 Å². The molecule has 0 aliphatic carbocycles. The Hall–Kier alpha value is -1.34. The van der Waals surface area contributed by atoms with Gasteiger partial charge in [-0.15, -0.1) is 0 Å². The first-order valence-corrected chi connectivity index (χ1v) is 6.20. The number of aromatic nitrogens is 2. The molecule has 0 spiro atoms. The van der Waals surface area contributed by atoms with Gasteiger partial charge < -0.3 is 16.2 Å². The SMILES string of the molecule is C=[C-]C(=O)CCCCNC(=O)Nc1nc(C)cc(=O)[nH]1.[Y]. The van der Waals surface area contributed by atoms with Gasteiger partial charge in [-0.3, -0.25) is 21.7 Å². The van der Waals surface area contributed by atoms with Crippen molar-refractivity contribution in [2.45, 2.75) is 26.2 Å². The predicted molar refractivity (Wildman–Crippen MR) is 74.3 cm³/mol. The van der Waals surface area contributed by atoms with Crippen molar-refractivity contribution < 1.29 is 42.3 Å². The molecule has 0 saturated heterocycles.